The van der Waals surface area contributed by atoms with Crippen LogP contribution in [0.2, 0.25) is 0 Å². The van der Waals surface area contributed by atoms with Crippen LogP contribution in [0.1, 0.15) is 28.9 Å². The van der Waals surface area contributed by atoms with Gasteiger partial charge < -0.3 is 16.0 Å². The van der Waals surface area contributed by atoms with Crippen molar-refractivity contribution in [2.75, 3.05) is 26.2 Å². The number of carbonyl (C=O) groups is 2. The molecular formula is C14H21N3O2S. The SMILES string of the molecule is O=C(CCC1CCNC1)NCCNC(=O)c1cccs1. The molecule has 0 spiro atoms. The molecular weight excluding hydrogens is 274 g/mol. The maximum atomic E-state index is 11.6. The molecule has 3 N–H and O–H groups in total. The molecule has 2 amide bonds. The van der Waals surface area contributed by atoms with E-state index < -0.39 is 0 Å². The van der Waals surface area contributed by atoms with Gasteiger partial charge in [-0.3, -0.25) is 9.59 Å². The normalized spacial score (nSPS) is 17.9. The molecule has 20 heavy (non-hydrogen) atoms. The number of carbonyl (C=O) groups excluding carboxylic acids is 2. The second-order valence-electron chi connectivity index (χ2n) is 4.98. The molecule has 1 aromatic rings. The molecule has 0 aromatic carbocycles. The molecule has 1 unspecified atom stereocenters. The van der Waals surface area contributed by atoms with Crippen molar-refractivity contribution in [1.29, 1.82) is 0 Å². The Morgan fingerprint density at radius 3 is 2.90 bits per heavy atom. The van der Waals surface area contributed by atoms with Gasteiger partial charge in [0.05, 0.1) is 4.88 Å². The van der Waals surface area contributed by atoms with Gasteiger partial charge in [-0.1, -0.05) is 6.07 Å². The average Bonchev–Trinajstić information content (AvgIpc) is 3.13. The lowest BCUT2D eigenvalue weighted by molar-refractivity contribution is -0.121. The van der Waals surface area contributed by atoms with Crippen LogP contribution in [-0.4, -0.2) is 38.0 Å². The predicted molar refractivity (Wildman–Crippen MR) is 79.9 cm³/mol. The number of amides is 2. The van der Waals surface area contributed by atoms with Crippen LogP contribution in [0.15, 0.2) is 17.5 Å². The molecule has 5 nitrogen and oxygen atoms in total. The third-order valence-electron chi connectivity index (χ3n) is 3.42. The highest BCUT2D eigenvalue weighted by atomic mass is 32.1. The lowest BCUT2D eigenvalue weighted by atomic mass is 10.0. The molecule has 0 saturated carbocycles. The number of rotatable bonds is 7. The van der Waals surface area contributed by atoms with Gasteiger partial charge >= 0.3 is 0 Å². The maximum Gasteiger partial charge on any atom is 0.261 e. The number of nitrogens with one attached hydrogen (secondary N) is 3. The van der Waals surface area contributed by atoms with Crippen LogP contribution in [0.4, 0.5) is 0 Å². The van der Waals surface area contributed by atoms with E-state index in [1.807, 2.05) is 11.4 Å². The van der Waals surface area contributed by atoms with Crippen molar-refractivity contribution < 1.29 is 9.59 Å². The zero-order valence-electron chi connectivity index (χ0n) is 11.5. The average molecular weight is 295 g/mol. The lowest BCUT2D eigenvalue weighted by Gasteiger charge is -2.09. The predicted octanol–water partition coefficient (Wildman–Crippen LogP) is 0.984. The van der Waals surface area contributed by atoms with Crippen LogP contribution in [0.5, 0.6) is 0 Å². The summed E-state index contributed by atoms with van der Waals surface area (Å²) >= 11 is 1.41. The van der Waals surface area contributed by atoms with Gasteiger partial charge in [-0.15, -0.1) is 11.3 Å². The number of thiophene rings is 1. The fourth-order valence-electron chi connectivity index (χ4n) is 2.26. The van der Waals surface area contributed by atoms with Gasteiger partial charge in [0.25, 0.3) is 5.91 Å². The topological polar surface area (TPSA) is 70.2 Å². The fourth-order valence-corrected chi connectivity index (χ4v) is 2.90. The second-order valence-corrected chi connectivity index (χ2v) is 5.93. The van der Waals surface area contributed by atoms with Gasteiger partial charge in [0.2, 0.25) is 5.91 Å². The first kappa shape index (κ1) is 15.0. The number of hydrogen-bond donors (Lipinski definition) is 3. The Morgan fingerprint density at radius 2 is 2.20 bits per heavy atom. The van der Waals surface area contributed by atoms with Crippen molar-refractivity contribution in [3.8, 4) is 0 Å². The molecule has 0 aliphatic carbocycles. The summed E-state index contributed by atoms with van der Waals surface area (Å²) in [6.07, 6.45) is 2.69. The van der Waals surface area contributed by atoms with E-state index in [1.165, 1.54) is 17.8 Å². The summed E-state index contributed by atoms with van der Waals surface area (Å²) < 4.78 is 0. The van der Waals surface area contributed by atoms with Crippen molar-refractivity contribution in [1.82, 2.24) is 16.0 Å². The molecule has 2 rings (SSSR count). The maximum absolute atomic E-state index is 11.6. The highest BCUT2D eigenvalue weighted by Gasteiger charge is 2.15. The quantitative estimate of drug-likeness (QED) is 0.657. The van der Waals surface area contributed by atoms with Gasteiger partial charge in [0.15, 0.2) is 0 Å². The molecule has 0 bridgehead atoms. The van der Waals surface area contributed by atoms with Crippen LogP contribution < -0.4 is 16.0 Å². The Hall–Kier alpha value is -1.40. The first-order chi connectivity index (χ1) is 9.75. The highest BCUT2D eigenvalue weighted by molar-refractivity contribution is 7.12. The monoisotopic (exact) mass is 295 g/mol. The van der Waals surface area contributed by atoms with Crippen LogP contribution >= 0.6 is 11.3 Å². The third kappa shape index (κ3) is 4.94. The molecule has 1 aliphatic rings. The summed E-state index contributed by atoms with van der Waals surface area (Å²) in [4.78, 5) is 24.0. The van der Waals surface area contributed by atoms with E-state index in [-0.39, 0.29) is 11.8 Å². The molecule has 1 fully saturated rings. The number of hydrogen-bond acceptors (Lipinski definition) is 4. The van der Waals surface area contributed by atoms with E-state index >= 15 is 0 Å². The molecule has 2 heterocycles. The summed E-state index contributed by atoms with van der Waals surface area (Å²) in [5.74, 6) is 0.632. The van der Waals surface area contributed by atoms with Crippen molar-refractivity contribution in [2.24, 2.45) is 5.92 Å². The van der Waals surface area contributed by atoms with Gasteiger partial charge in [-0.2, -0.15) is 0 Å². The Kier molecular flexibility index (Phi) is 6.01. The van der Waals surface area contributed by atoms with Gasteiger partial charge in [-0.05, 0) is 43.3 Å². The van der Waals surface area contributed by atoms with E-state index in [0.717, 1.165) is 19.5 Å². The van der Waals surface area contributed by atoms with Crippen LogP contribution in [0.3, 0.4) is 0 Å². The molecule has 1 atom stereocenters. The largest absolute Gasteiger partial charge is 0.354 e. The van der Waals surface area contributed by atoms with Crippen molar-refractivity contribution in [3.05, 3.63) is 22.4 Å². The summed E-state index contributed by atoms with van der Waals surface area (Å²) in [7, 11) is 0. The minimum Gasteiger partial charge on any atom is -0.354 e. The van der Waals surface area contributed by atoms with Crippen LogP contribution in [0, 0.1) is 5.92 Å². The third-order valence-corrected chi connectivity index (χ3v) is 4.29. The summed E-state index contributed by atoms with van der Waals surface area (Å²) in [5.41, 5.74) is 0. The van der Waals surface area contributed by atoms with E-state index in [1.54, 1.807) is 6.07 Å². The summed E-state index contributed by atoms with van der Waals surface area (Å²) in [6.45, 7) is 3.05. The van der Waals surface area contributed by atoms with Crippen molar-refractivity contribution in [3.63, 3.8) is 0 Å². The van der Waals surface area contributed by atoms with E-state index in [0.29, 0.717) is 30.3 Å². The first-order valence-corrected chi connectivity index (χ1v) is 7.93. The molecule has 1 saturated heterocycles. The second kappa shape index (κ2) is 8.01. The molecule has 6 heteroatoms. The van der Waals surface area contributed by atoms with Crippen LogP contribution in [0.25, 0.3) is 0 Å². The standard InChI is InChI=1S/C14H21N3O2S/c18-13(4-3-11-5-6-15-10-11)16-7-8-17-14(19)12-2-1-9-20-12/h1-2,9,11,15H,3-8,10H2,(H,16,18)(H,17,19). The lowest BCUT2D eigenvalue weighted by Crippen LogP contribution is -2.34. The Morgan fingerprint density at radius 1 is 1.35 bits per heavy atom. The van der Waals surface area contributed by atoms with Crippen molar-refractivity contribution in [2.45, 2.75) is 19.3 Å². The Bertz CT molecular complexity index is 428. The minimum atomic E-state index is -0.0775. The zero-order chi connectivity index (χ0) is 14.2. The van der Waals surface area contributed by atoms with Gasteiger partial charge in [0, 0.05) is 19.5 Å². The van der Waals surface area contributed by atoms with E-state index in [4.69, 9.17) is 0 Å². The fraction of sp³-hybridized carbons (Fsp3) is 0.571. The summed E-state index contributed by atoms with van der Waals surface area (Å²) in [5, 5.41) is 10.8. The zero-order valence-corrected chi connectivity index (χ0v) is 12.3. The van der Waals surface area contributed by atoms with Gasteiger partial charge in [0.1, 0.15) is 0 Å². The van der Waals surface area contributed by atoms with Gasteiger partial charge in [-0.25, -0.2) is 0 Å². The molecule has 0 radical (unpaired) electrons. The molecule has 1 aliphatic heterocycles. The Balaban J connectivity index is 1.52. The smallest absolute Gasteiger partial charge is 0.261 e. The molecule has 110 valence electrons. The first-order valence-electron chi connectivity index (χ1n) is 7.05. The minimum absolute atomic E-state index is 0.0715. The Labute approximate surface area is 123 Å². The highest BCUT2D eigenvalue weighted by Crippen LogP contribution is 2.13. The van der Waals surface area contributed by atoms with E-state index in [2.05, 4.69) is 16.0 Å². The van der Waals surface area contributed by atoms with Crippen LogP contribution in [-0.2, 0) is 4.79 Å². The van der Waals surface area contributed by atoms with E-state index in [9.17, 15) is 9.59 Å². The molecule has 1 aromatic heterocycles. The summed E-state index contributed by atoms with van der Waals surface area (Å²) in [6, 6.07) is 3.63. The van der Waals surface area contributed by atoms with Crippen molar-refractivity contribution >= 4 is 23.2 Å².